The Hall–Kier alpha value is -0.810. The van der Waals surface area contributed by atoms with Crippen molar-refractivity contribution in [3.05, 3.63) is 11.5 Å². The van der Waals surface area contributed by atoms with Crippen LogP contribution < -0.4 is 5.73 Å². The van der Waals surface area contributed by atoms with Crippen molar-refractivity contribution >= 4 is 0 Å². The van der Waals surface area contributed by atoms with Crippen LogP contribution in [-0.2, 0) is 4.74 Å². The van der Waals surface area contributed by atoms with E-state index in [-0.39, 0.29) is 12.0 Å². The van der Waals surface area contributed by atoms with Gasteiger partial charge in [0.2, 0.25) is 0 Å². The van der Waals surface area contributed by atoms with E-state index in [0.29, 0.717) is 32.5 Å². The zero-order valence-electron chi connectivity index (χ0n) is 15.6. The Morgan fingerprint density at radius 2 is 1.88 bits per heavy atom. The van der Waals surface area contributed by atoms with E-state index >= 15 is 0 Å². The first kappa shape index (κ1) is 19.5. The van der Waals surface area contributed by atoms with Crippen LogP contribution in [0.25, 0.3) is 0 Å². The van der Waals surface area contributed by atoms with Gasteiger partial charge in [-0.2, -0.15) is 0 Å². The maximum absolute atomic E-state index is 13.1. The number of nitrogens with zero attached hydrogens (tertiary/aromatic N) is 1. The van der Waals surface area contributed by atoms with Crippen molar-refractivity contribution in [3.63, 3.8) is 0 Å². The molecule has 1 heterocycles. The van der Waals surface area contributed by atoms with Gasteiger partial charge in [-0.3, -0.25) is 0 Å². The number of nitrogens with two attached hydrogens (primary N) is 1. The number of aliphatic hydroxyl groups is 1. The average Bonchev–Trinajstić information content (AvgIpc) is 2.57. The molecule has 1 atom stereocenters. The van der Waals surface area contributed by atoms with Crippen LogP contribution >= 0.6 is 0 Å². The van der Waals surface area contributed by atoms with Crippen molar-refractivity contribution in [2.45, 2.75) is 71.6 Å². The summed E-state index contributed by atoms with van der Waals surface area (Å²) in [6.45, 7) is 8.63. The summed E-state index contributed by atoms with van der Waals surface area (Å²) < 4.78 is 18.9. The summed E-state index contributed by atoms with van der Waals surface area (Å²) >= 11 is 0. The molecule has 0 aromatic rings. The number of alkyl halides is 1. The number of likely N-dealkylation sites (tertiary alicyclic amines) is 1. The minimum Gasteiger partial charge on any atom is -0.494 e. The van der Waals surface area contributed by atoms with Crippen LogP contribution in [0, 0.1) is 11.3 Å². The highest BCUT2D eigenvalue weighted by Gasteiger charge is 2.33. The molecule has 1 saturated heterocycles. The zero-order chi connectivity index (χ0) is 17.7. The van der Waals surface area contributed by atoms with Crippen molar-refractivity contribution in [1.82, 2.24) is 4.90 Å². The van der Waals surface area contributed by atoms with Crippen LogP contribution in [0.5, 0.6) is 0 Å². The third kappa shape index (κ3) is 5.35. The Morgan fingerprint density at radius 3 is 2.46 bits per heavy atom. The van der Waals surface area contributed by atoms with Crippen molar-refractivity contribution in [2.24, 2.45) is 17.1 Å². The average molecular weight is 342 g/mol. The number of halogens is 1. The normalized spacial score (nSPS) is 32.3. The van der Waals surface area contributed by atoms with E-state index in [9.17, 15) is 9.50 Å². The molecule has 0 radical (unpaired) electrons. The minimum absolute atomic E-state index is 0.0184. The standard InChI is InChI=1S/C19H35FN2O2/c1-14-4-8-19(3,9-5-14)18(21)15(2)24-13-17(23)12-22-10-6-16(20)7-11-22/h14,16-17,23H,4-13,21H2,1-3H3/b18-15-. The molecule has 4 nitrogen and oxygen atoms in total. The molecule has 0 aromatic carbocycles. The summed E-state index contributed by atoms with van der Waals surface area (Å²) in [5, 5.41) is 10.2. The third-order valence-electron chi connectivity index (χ3n) is 5.89. The molecule has 0 bridgehead atoms. The lowest BCUT2D eigenvalue weighted by Crippen LogP contribution is -2.40. The highest BCUT2D eigenvalue weighted by atomic mass is 19.1. The minimum atomic E-state index is -0.682. The quantitative estimate of drug-likeness (QED) is 0.728. The van der Waals surface area contributed by atoms with E-state index < -0.39 is 12.3 Å². The number of piperidine rings is 1. The smallest absolute Gasteiger partial charge is 0.115 e. The molecule has 5 heteroatoms. The number of β-amino-alcohol motifs (C(OH)–C–C–N with tert-alkyl or cyclic N) is 1. The van der Waals surface area contributed by atoms with Crippen molar-refractivity contribution in [2.75, 3.05) is 26.2 Å². The van der Waals surface area contributed by atoms with E-state index in [2.05, 4.69) is 18.7 Å². The molecule has 2 aliphatic rings. The van der Waals surface area contributed by atoms with Gasteiger partial charge in [0.1, 0.15) is 24.6 Å². The molecule has 0 amide bonds. The van der Waals surface area contributed by atoms with Crippen molar-refractivity contribution in [1.29, 1.82) is 0 Å². The van der Waals surface area contributed by atoms with Crippen LogP contribution in [0.2, 0.25) is 0 Å². The van der Waals surface area contributed by atoms with Gasteiger partial charge in [-0.25, -0.2) is 4.39 Å². The molecule has 0 spiro atoms. The molecule has 1 aliphatic heterocycles. The summed E-state index contributed by atoms with van der Waals surface area (Å²) in [7, 11) is 0. The van der Waals surface area contributed by atoms with Crippen LogP contribution in [0.3, 0.4) is 0 Å². The second-order valence-corrected chi connectivity index (χ2v) is 8.15. The fourth-order valence-corrected chi connectivity index (χ4v) is 3.83. The Kier molecular flexibility index (Phi) is 6.93. The molecular formula is C19H35FN2O2. The second kappa shape index (κ2) is 8.52. The van der Waals surface area contributed by atoms with E-state index in [0.717, 1.165) is 30.2 Å². The Labute approximate surface area is 146 Å². The van der Waals surface area contributed by atoms with Crippen LogP contribution in [-0.4, -0.2) is 48.5 Å². The predicted molar refractivity (Wildman–Crippen MR) is 95.2 cm³/mol. The summed E-state index contributed by atoms with van der Waals surface area (Å²) in [5.41, 5.74) is 7.23. The molecule has 0 aromatic heterocycles. The molecule has 1 saturated carbocycles. The van der Waals surface area contributed by atoms with E-state index in [1.54, 1.807) is 0 Å². The summed E-state index contributed by atoms with van der Waals surface area (Å²) in [5.74, 6) is 1.52. The summed E-state index contributed by atoms with van der Waals surface area (Å²) in [6, 6.07) is 0. The molecule has 1 aliphatic carbocycles. The molecule has 24 heavy (non-hydrogen) atoms. The summed E-state index contributed by atoms with van der Waals surface area (Å²) in [6.07, 6.45) is 4.49. The Morgan fingerprint density at radius 1 is 1.29 bits per heavy atom. The lowest BCUT2D eigenvalue weighted by Gasteiger charge is -2.37. The van der Waals surface area contributed by atoms with Gasteiger partial charge in [-0.05, 0) is 51.4 Å². The lowest BCUT2D eigenvalue weighted by atomic mass is 9.70. The SMILES string of the molecule is C/C(OCC(O)CN1CCC(F)CC1)=C(/N)C1(C)CCC(C)CC1. The van der Waals surface area contributed by atoms with Crippen LogP contribution in [0.4, 0.5) is 4.39 Å². The topological polar surface area (TPSA) is 58.7 Å². The first-order valence-electron chi connectivity index (χ1n) is 9.44. The fraction of sp³-hybridized carbons (Fsp3) is 0.895. The van der Waals surface area contributed by atoms with Crippen LogP contribution in [0.1, 0.15) is 59.3 Å². The molecule has 3 N–H and O–H groups in total. The van der Waals surface area contributed by atoms with E-state index in [4.69, 9.17) is 10.5 Å². The van der Waals surface area contributed by atoms with Crippen molar-refractivity contribution in [3.8, 4) is 0 Å². The number of rotatable bonds is 6. The Bertz CT molecular complexity index is 425. The molecule has 1 unspecified atom stereocenters. The summed E-state index contributed by atoms with van der Waals surface area (Å²) in [4.78, 5) is 2.11. The number of hydrogen-bond donors (Lipinski definition) is 2. The van der Waals surface area contributed by atoms with Gasteiger partial charge in [-0.15, -0.1) is 0 Å². The van der Waals surface area contributed by atoms with Gasteiger partial charge in [0, 0.05) is 25.0 Å². The van der Waals surface area contributed by atoms with Gasteiger partial charge >= 0.3 is 0 Å². The number of ether oxygens (including phenoxy) is 1. The molecule has 2 rings (SSSR count). The van der Waals surface area contributed by atoms with Gasteiger partial charge in [-0.1, -0.05) is 13.8 Å². The first-order valence-corrected chi connectivity index (χ1v) is 9.44. The monoisotopic (exact) mass is 342 g/mol. The largest absolute Gasteiger partial charge is 0.494 e. The molecule has 2 fully saturated rings. The Balaban J connectivity index is 1.79. The highest BCUT2D eigenvalue weighted by molar-refractivity contribution is 5.14. The number of aliphatic hydroxyl groups excluding tert-OH is 1. The van der Waals surface area contributed by atoms with Gasteiger partial charge < -0.3 is 20.5 Å². The lowest BCUT2D eigenvalue weighted by molar-refractivity contribution is 0.0291. The van der Waals surface area contributed by atoms with Gasteiger partial charge in [0.05, 0.1) is 5.70 Å². The molecular weight excluding hydrogens is 307 g/mol. The predicted octanol–water partition coefficient (Wildman–Crippen LogP) is 3.20. The number of allylic oxidation sites excluding steroid dienone is 2. The van der Waals surface area contributed by atoms with Crippen LogP contribution in [0.15, 0.2) is 11.5 Å². The van der Waals surface area contributed by atoms with Gasteiger partial charge in [0.25, 0.3) is 0 Å². The second-order valence-electron chi connectivity index (χ2n) is 8.15. The van der Waals surface area contributed by atoms with Crippen molar-refractivity contribution < 1.29 is 14.2 Å². The molecule has 140 valence electrons. The number of hydrogen-bond acceptors (Lipinski definition) is 4. The zero-order valence-corrected chi connectivity index (χ0v) is 15.6. The van der Waals surface area contributed by atoms with E-state index in [1.165, 1.54) is 12.8 Å². The fourth-order valence-electron chi connectivity index (χ4n) is 3.83. The highest BCUT2D eigenvalue weighted by Crippen LogP contribution is 2.43. The first-order chi connectivity index (χ1) is 11.3. The van der Waals surface area contributed by atoms with E-state index in [1.807, 2.05) is 6.92 Å². The third-order valence-corrected chi connectivity index (χ3v) is 5.89. The maximum atomic E-state index is 13.1. The maximum Gasteiger partial charge on any atom is 0.115 e. The van der Waals surface area contributed by atoms with Gasteiger partial charge in [0.15, 0.2) is 0 Å².